The standard InChI is InChI=1S/C15H21BrN2O2/c1-4-12-10-18(8-7-17(12)2)15(19)11-5-6-14(20-3)13(16)9-11/h5-6,9,12H,4,7-8,10H2,1-3H3. The maximum Gasteiger partial charge on any atom is 0.253 e. The summed E-state index contributed by atoms with van der Waals surface area (Å²) in [5, 5.41) is 0. The fraction of sp³-hybridized carbons (Fsp3) is 0.533. The topological polar surface area (TPSA) is 32.8 Å². The summed E-state index contributed by atoms with van der Waals surface area (Å²) in [4.78, 5) is 16.8. The van der Waals surface area contributed by atoms with Crippen molar-refractivity contribution in [1.29, 1.82) is 0 Å². The van der Waals surface area contributed by atoms with Crippen LogP contribution in [0.3, 0.4) is 0 Å². The van der Waals surface area contributed by atoms with E-state index in [1.807, 2.05) is 23.1 Å². The molecule has 0 radical (unpaired) electrons. The van der Waals surface area contributed by atoms with Crippen LogP contribution in [0.1, 0.15) is 23.7 Å². The molecule has 0 spiro atoms. The summed E-state index contributed by atoms with van der Waals surface area (Å²) in [7, 11) is 3.74. The molecule has 1 aromatic carbocycles. The minimum Gasteiger partial charge on any atom is -0.496 e. The molecule has 1 atom stereocenters. The van der Waals surface area contributed by atoms with Gasteiger partial charge in [-0.25, -0.2) is 0 Å². The number of carbonyl (C=O) groups excluding carboxylic acids is 1. The second-order valence-corrected chi connectivity index (χ2v) is 6.00. The van der Waals surface area contributed by atoms with Crippen molar-refractivity contribution >= 4 is 21.8 Å². The number of amides is 1. The van der Waals surface area contributed by atoms with Gasteiger partial charge in [-0.15, -0.1) is 0 Å². The lowest BCUT2D eigenvalue weighted by Gasteiger charge is -2.39. The molecule has 1 heterocycles. The highest BCUT2D eigenvalue weighted by molar-refractivity contribution is 9.10. The Morgan fingerprint density at radius 3 is 2.80 bits per heavy atom. The van der Waals surface area contributed by atoms with Gasteiger partial charge in [-0.3, -0.25) is 9.69 Å². The number of piperazine rings is 1. The summed E-state index contributed by atoms with van der Waals surface area (Å²) in [5.74, 6) is 0.839. The first kappa shape index (κ1) is 15.3. The molecule has 5 heteroatoms. The highest BCUT2D eigenvalue weighted by atomic mass is 79.9. The molecule has 0 N–H and O–H groups in total. The van der Waals surface area contributed by atoms with E-state index >= 15 is 0 Å². The first-order valence-electron chi connectivity index (χ1n) is 6.89. The van der Waals surface area contributed by atoms with E-state index in [2.05, 4.69) is 34.8 Å². The van der Waals surface area contributed by atoms with E-state index in [4.69, 9.17) is 4.74 Å². The van der Waals surface area contributed by atoms with E-state index < -0.39 is 0 Å². The molecule has 0 aromatic heterocycles. The molecule has 0 aliphatic carbocycles. The quantitative estimate of drug-likeness (QED) is 0.847. The lowest BCUT2D eigenvalue weighted by molar-refractivity contribution is 0.0542. The van der Waals surface area contributed by atoms with E-state index in [-0.39, 0.29) is 5.91 Å². The smallest absolute Gasteiger partial charge is 0.253 e. The van der Waals surface area contributed by atoms with Crippen molar-refractivity contribution in [1.82, 2.24) is 9.80 Å². The molecule has 1 unspecified atom stereocenters. The number of likely N-dealkylation sites (N-methyl/N-ethyl adjacent to an activating group) is 1. The Bertz CT molecular complexity index is 493. The summed E-state index contributed by atoms with van der Waals surface area (Å²) in [6, 6.07) is 5.94. The van der Waals surface area contributed by atoms with Crippen molar-refractivity contribution in [2.24, 2.45) is 0 Å². The third-order valence-corrected chi connectivity index (χ3v) is 4.55. The van der Waals surface area contributed by atoms with Gasteiger partial charge >= 0.3 is 0 Å². The van der Waals surface area contributed by atoms with Crippen molar-refractivity contribution in [2.75, 3.05) is 33.8 Å². The minimum absolute atomic E-state index is 0.0971. The molecule has 110 valence electrons. The molecule has 0 bridgehead atoms. The maximum absolute atomic E-state index is 12.6. The van der Waals surface area contributed by atoms with Crippen LogP contribution in [0.2, 0.25) is 0 Å². The second-order valence-electron chi connectivity index (χ2n) is 5.14. The third-order valence-electron chi connectivity index (χ3n) is 3.93. The molecular formula is C15H21BrN2O2. The highest BCUT2D eigenvalue weighted by Crippen LogP contribution is 2.26. The Morgan fingerprint density at radius 1 is 1.45 bits per heavy atom. The Morgan fingerprint density at radius 2 is 2.20 bits per heavy atom. The van der Waals surface area contributed by atoms with Crippen molar-refractivity contribution in [3.8, 4) is 5.75 Å². The van der Waals surface area contributed by atoms with E-state index in [1.165, 1.54) is 0 Å². The molecule has 4 nitrogen and oxygen atoms in total. The van der Waals surface area contributed by atoms with E-state index in [0.717, 1.165) is 36.3 Å². The predicted octanol–water partition coefficient (Wildman–Crippen LogP) is 2.62. The van der Waals surface area contributed by atoms with Crippen LogP contribution in [-0.2, 0) is 0 Å². The molecule has 1 saturated heterocycles. The molecule has 1 amide bonds. The summed E-state index contributed by atoms with van der Waals surface area (Å²) in [5.41, 5.74) is 0.706. The second kappa shape index (κ2) is 6.59. The Hall–Kier alpha value is -1.07. The Labute approximate surface area is 128 Å². The summed E-state index contributed by atoms with van der Waals surface area (Å²) in [6.45, 7) is 4.69. The number of hydrogen-bond acceptors (Lipinski definition) is 3. The van der Waals surface area contributed by atoms with Crippen molar-refractivity contribution in [2.45, 2.75) is 19.4 Å². The molecule has 1 aromatic rings. The molecule has 1 aliphatic rings. The van der Waals surface area contributed by atoms with Gasteiger partial charge in [0.05, 0.1) is 11.6 Å². The molecular weight excluding hydrogens is 320 g/mol. The Balaban J connectivity index is 2.13. The monoisotopic (exact) mass is 340 g/mol. The molecule has 0 saturated carbocycles. The minimum atomic E-state index is 0.0971. The Kier molecular flexibility index (Phi) is 5.05. The molecule has 20 heavy (non-hydrogen) atoms. The highest BCUT2D eigenvalue weighted by Gasteiger charge is 2.26. The number of hydrogen-bond donors (Lipinski definition) is 0. The summed E-state index contributed by atoms with van der Waals surface area (Å²) < 4.78 is 6.01. The van der Waals surface area contributed by atoms with Crippen LogP contribution in [0.4, 0.5) is 0 Å². The lowest BCUT2D eigenvalue weighted by atomic mass is 10.1. The van der Waals surface area contributed by atoms with Gasteiger partial charge in [0.25, 0.3) is 5.91 Å². The van der Waals surface area contributed by atoms with Gasteiger partial charge in [-0.05, 0) is 47.6 Å². The van der Waals surface area contributed by atoms with Gasteiger partial charge in [0.2, 0.25) is 0 Å². The first-order chi connectivity index (χ1) is 9.56. The van der Waals surface area contributed by atoms with Gasteiger partial charge in [-0.2, -0.15) is 0 Å². The zero-order chi connectivity index (χ0) is 14.7. The van der Waals surface area contributed by atoms with Crippen molar-refractivity contribution < 1.29 is 9.53 Å². The van der Waals surface area contributed by atoms with Crippen molar-refractivity contribution in [3.05, 3.63) is 28.2 Å². The van der Waals surface area contributed by atoms with Gasteiger partial charge in [0, 0.05) is 31.2 Å². The number of benzene rings is 1. The summed E-state index contributed by atoms with van der Waals surface area (Å²) in [6.07, 6.45) is 1.06. The molecule has 1 fully saturated rings. The number of carbonyl (C=O) groups is 1. The normalized spacial score (nSPS) is 20.0. The van der Waals surface area contributed by atoms with Crippen LogP contribution in [0, 0.1) is 0 Å². The zero-order valence-corrected chi connectivity index (χ0v) is 13.8. The zero-order valence-electron chi connectivity index (χ0n) is 12.2. The van der Waals surface area contributed by atoms with Gasteiger partial charge < -0.3 is 9.64 Å². The average Bonchev–Trinajstić information content (AvgIpc) is 2.47. The third kappa shape index (κ3) is 3.15. The average molecular weight is 341 g/mol. The van der Waals surface area contributed by atoms with Crippen LogP contribution < -0.4 is 4.74 Å². The van der Waals surface area contributed by atoms with Gasteiger partial charge in [0.15, 0.2) is 0 Å². The van der Waals surface area contributed by atoms with Crippen LogP contribution in [-0.4, -0.2) is 55.5 Å². The van der Waals surface area contributed by atoms with Gasteiger partial charge in [0.1, 0.15) is 5.75 Å². The molecule has 2 rings (SSSR count). The van der Waals surface area contributed by atoms with Gasteiger partial charge in [-0.1, -0.05) is 6.92 Å². The van der Waals surface area contributed by atoms with Crippen molar-refractivity contribution in [3.63, 3.8) is 0 Å². The van der Waals surface area contributed by atoms with E-state index in [1.54, 1.807) is 7.11 Å². The maximum atomic E-state index is 12.6. The summed E-state index contributed by atoms with van der Waals surface area (Å²) >= 11 is 3.43. The fourth-order valence-electron chi connectivity index (χ4n) is 2.55. The van der Waals surface area contributed by atoms with E-state index in [0.29, 0.717) is 11.6 Å². The number of nitrogens with zero attached hydrogens (tertiary/aromatic N) is 2. The van der Waals surface area contributed by atoms with Crippen LogP contribution >= 0.6 is 15.9 Å². The SMILES string of the molecule is CCC1CN(C(=O)c2ccc(OC)c(Br)c2)CCN1C. The number of ether oxygens (including phenoxy) is 1. The number of halogens is 1. The van der Waals surface area contributed by atoms with Crippen LogP contribution in [0.25, 0.3) is 0 Å². The van der Waals surface area contributed by atoms with Crippen LogP contribution in [0.15, 0.2) is 22.7 Å². The number of rotatable bonds is 3. The van der Waals surface area contributed by atoms with E-state index in [9.17, 15) is 4.79 Å². The lowest BCUT2D eigenvalue weighted by Crippen LogP contribution is -2.52. The van der Waals surface area contributed by atoms with Crippen LogP contribution in [0.5, 0.6) is 5.75 Å². The molecule has 1 aliphatic heterocycles. The first-order valence-corrected chi connectivity index (χ1v) is 7.69. The predicted molar refractivity (Wildman–Crippen MR) is 83.3 cm³/mol. The number of methoxy groups -OCH3 is 1. The largest absolute Gasteiger partial charge is 0.496 e. The fourth-order valence-corrected chi connectivity index (χ4v) is 3.09.